The quantitative estimate of drug-likeness (QED) is 0.728. The third-order valence-corrected chi connectivity index (χ3v) is 4.16. The molecule has 0 N–H and O–H groups in total. The average molecular weight is 285 g/mol. The second-order valence-electron chi connectivity index (χ2n) is 5.47. The van der Waals surface area contributed by atoms with Gasteiger partial charge in [0, 0.05) is 51.9 Å². The monoisotopic (exact) mass is 285 g/mol. The number of rotatable bonds is 1. The van der Waals surface area contributed by atoms with Crippen LogP contribution in [-0.2, 0) is 9.59 Å². The zero-order valence-electron chi connectivity index (χ0n) is 12.4. The highest BCUT2D eigenvalue weighted by atomic mass is 16.2. The molecular weight excluding hydrogens is 266 g/mol. The van der Waals surface area contributed by atoms with E-state index in [0.717, 1.165) is 29.9 Å². The van der Waals surface area contributed by atoms with Gasteiger partial charge in [0.25, 0.3) is 5.91 Å². The van der Waals surface area contributed by atoms with Gasteiger partial charge in [0.15, 0.2) is 0 Å². The van der Waals surface area contributed by atoms with Crippen molar-refractivity contribution in [1.29, 1.82) is 0 Å². The molecule has 0 radical (unpaired) electrons. The van der Waals surface area contributed by atoms with E-state index >= 15 is 0 Å². The maximum atomic E-state index is 12.4. The van der Waals surface area contributed by atoms with Crippen molar-refractivity contribution in [3.8, 4) is 0 Å². The normalized spacial score (nSPS) is 20.2. The summed E-state index contributed by atoms with van der Waals surface area (Å²) in [7, 11) is 1.80. The van der Waals surface area contributed by atoms with E-state index in [9.17, 15) is 9.59 Å². The Morgan fingerprint density at radius 3 is 2.48 bits per heavy atom. The van der Waals surface area contributed by atoms with Crippen LogP contribution < -0.4 is 4.90 Å². The minimum absolute atomic E-state index is 0.0326. The van der Waals surface area contributed by atoms with E-state index in [-0.39, 0.29) is 11.8 Å². The van der Waals surface area contributed by atoms with Gasteiger partial charge in [0.2, 0.25) is 5.91 Å². The molecule has 3 rings (SSSR count). The smallest absolute Gasteiger partial charge is 0.260 e. The number of amides is 2. The number of piperazine rings is 1. The maximum Gasteiger partial charge on any atom is 0.260 e. The van der Waals surface area contributed by atoms with Gasteiger partial charge in [-0.15, -0.1) is 0 Å². The molecule has 21 heavy (non-hydrogen) atoms. The van der Waals surface area contributed by atoms with Gasteiger partial charge in [0.05, 0.1) is 11.3 Å². The predicted molar refractivity (Wildman–Crippen MR) is 81.7 cm³/mol. The summed E-state index contributed by atoms with van der Waals surface area (Å²) in [6.07, 6.45) is 1.95. The van der Waals surface area contributed by atoms with Gasteiger partial charge in [-0.2, -0.15) is 0 Å². The molecule has 2 aliphatic heterocycles. The number of nitrogens with zero attached hydrogens (tertiary/aromatic N) is 3. The SMILES string of the molecule is CC(=O)N1CCN(/C=C2\C(=O)N(C)c3ccccc32)CC1. The predicted octanol–water partition coefficient (Wildman–Crippen LogP) is 1.17. The zero-order chi connectivity index (χ0) is 15.0. The Bertz CT molecular complexity index is 616. The summed E-state index contributed by atoms with van der Waals surface area (Å²) >= 11 is 0. The molecule has 0 aromatic heterocycles. The van der Waals surface area contributed by atoms with Gasteiger partial charge in [-0.25, -0.2) is 0 Å². The highest BCUT2D eigenvalue weighted by Gasteiger charge is 2.30. The summed E-state index contributed by atoms with van der Waals surface area (Å²) in [4.78, 5) is 29.4. The molecule has 1 aromatic rings. The Labute approximate surface area is 124 Å². The second kappa shape index (κ2) is 5.24. The summed E-state index contributed by atoms with van der Waals surface area (Å²) < 4.78 is 0. The molecule has 0 bridgehead atoms. The Balaban J connectivity index is 1.81. The van der Waals surface area contributed by atoms with Crippen LogP contribution in [0.15, 0.2) is 30.5 Å². The Morgan fingerprint density at radius 1 is 1.14 bits per heavy atom. The number of likely N-dealkylation sites (N-methyl/N-ethyl adjacent to an activating group) is 1. The summed E-state index contributed by atoms with van der Waals surface area (Å²) in [6, 6.07) is 7.83. The lowest BCUT2D eigenvalue weighted by Crippen LogP contribution is -2.46. The van der Waals surface area contributed by atoms with Gasteiger partial charge < -0.3 is 14.7 Å². The van der Waals surface area contributed by atoms with Crippen molar-refractivity contribution in [2.75, 3.05) is 38.1 Å². The minimum Gasteiger partial charge on any atom is -0.373 e. The molecule has 0 atom stereocenters. The first-order valence-electron chi connectivity index (χ1n) is 7.17. The Kier molecular flexibility index (Phi) is 3.41. The number of para-hydroxylation sites is 1. The van der Waals surface area contributed by atoms with Crippen LogP contribution in [0, 0.1) is 0 Å². The third kappa shape index (κ3) is 2.39. The molecular formula is C16H19N3O2. The number of hydrogen-bond donors (Lipinski definition) is 0. The molecule has 1 saturated heterocycles. The number of fused-ring (bicyclic) bond motifs is 1. The number of anilines is 1. The molecule has 2 aliphatic rings. The fourth-order valence-electron chi connectivity index (χ4n) is 2.87. The molecule has 0 aliphatic carbocycles. The van der Waals surface area contributed by atoms with Crippen LogP contribution in [0.4, 0.5) is 5.69 Å². The molecule has 5 heteroatoms. The first kappa shape index (κ1) is 13.7. The van der Waals surface area contributed by atoms with Crippen molar-refractivity contribution in [2.24, 2.45) is 0 Å². The number of carbonyl (C=O) groups is 2. The summed E-state index contributed by atoms with van der Waals surface area (Å²) in [5.74, 6) is 0.148. The van der Waals surface area contributed by atoms with Crippen LogP contribution in [0.2, 0.25) is 0 Å². The van der Waals surface area contributed by atoms with E-state index < -0.39 is 0 Å². The van der Waals surface area contributed by atoms with Crippen LogP contribution in [0.5, 0.6) is 0 Å². The molecule has 5 nitrogen and oxygen atoms in total. The first-order valence-corrected chi connectivity index (χ1v) is 7.17. The molecule has 0 saturated carbocycles. The molecule has 0 unspecified atom stereocenters. The Hall–Kier alpha value is -2.30. The van der Waals surface area contributed by atoms with E-state index in [2.05, 4.69) is 4.90 Å². The minimum atomic E-state index is 0.0326. The fourth-order valence-corrected chi connectivity index (χ4v) is 2.87. The maximum absolute atomic E-state index is 12.4. The lowest BCUT2D eigenvalue weighted by atomic mass is 10.1. The van der Waals surface area contributed by atoms with Crippen LogP contribution in [0.1, 0.15) is 12.5 Å². The zero-order valence-corrected chi connectivity index (χ0v) is 12.4. The van der Waals surface area contributed by atoms with Crippen molar-refractivity contribution in [3.05, 3.63) is 36.0 Å². The van der Waals surface area contributed by atoms with Crippen molar-refractivity contribution < 1.29 is 9.59 Å². The van der Waals surface area contributed by atoms with E-state index in [1.54, 1.807) is 18.9 Å². The standard InChI is InChI=1S/C16H19N3O2/c1-12(20)19-9-7-18(8-10-19)11-14-13-5-3-4-6-15(13)17(2)16(14)21/h3-6,11H,7-10H2,1-2H3/b14-11-. The van der Waals surface area contributed by atoms with E-state index in [4.69, 9.17) is 0 Å². The largest absolute Gasteiger partial charge is 0.373 e. The van der Waals surface area contributed by atoms with Crippen molar-refractivity contribution in [3.63, 3.8) is 0 Å². The summed E-state index contributed by atoms with van der Waals surface area (Å²) in [6.45, 7) is 4.56. The number of hydrogen-bond acceptors (Lipinski definition) is 3. The lowest BCUT2D eigenvalue weighted by molar-refractivity contribution is -0.130. The van der Waals surface area contributed by atoms with Gasteiger partial charge in [0.1, 0.15) is 0 Å². The highest BCUT2D eigenvalue weighted by Crippen LogP contribution is 2.35. The highest BCUT2D eigenvalue weighted by molar-refractivity contribution is 6.32. The van der Waals surface area contributed by atoms with Crippen molar-refractivity contribution >= 4 is 23.1 Å². The van der Waals surface area contributed by atoms with Gasteiger partial charge in [-0.1, -0.05) is 18.2 Å². The number of benzene rings is 1. The Morgan fingerprint density at radius 2 is 1.81 bits per heavy atom. The van der Waals surface area contributed by atoms with Crippen LogP contribution >= 0.6 is 0 Å². The topological polar surface area (TPSA) is 43.9 Å². The van der Waals surface area contributed by atoms with Crippen LogP contribution in [0.25, 0.3) is 5.57 Å². The molecule has 2 heterocycles. The fraction of sp³-hybridized carbons (Fsp3) is 0.375. The second-order valence-corrected chi connectivity index (χ2v) is 5.47. The van der Waals surface area contributed by atoms with Gasteiger partial charge in [-0.05, 0) is 6.07 Å². The third-order valence-electron chi connectivity index (χ3n) is 4.16. The van der Waals surface area contributed by atoms with Crippen molar-refractivity contribution in [1.82, 2.24) is 9.80 Å². The summed E-state index contributed by atoms with van der Waals surface area (Å²) in [5.41, 5.74) is 2.68. The molecule has 0 spiro atoms. The molecule has 1 aromatic carbocycles. The molecule has 2 amide bonds. The summed E-state index contributed by atoms with van der Waals surface area (Å²) in [5, 5.41) is 0. The lowest BCUT2D eigenvalue weighted by Gasteiger charge is -2.33. The van der Waals surface area contributed by atoms with Crippen molar-refractivity contribution in [2.45, 2.75) is 6.92 Å². The molecule has 1 fully saturated rings. The van der Waals surface area contributed by atoms with E-state index in [0.29, 0.717) is 13.1 Å². The number of carbonyl (C=O) groups excluding carboxylic acids is 2. The van der Waals surface area contributed by atoms with Crippen LogP contribution in [0.3, 0.4) is 0 Å². The average Bonchev–Trinajstić information content (AvgIpc) is 2.73. The molecule has 110 valence electrons. The van der Waals surface area contributed by atoms with E-state index in [1.165, 1.54) is 0 Å². The van der Waals surface area contributed by atoms with Gasteiger partial charge >= 0.3 is 0 Å². The van der Waals surface area contributed by atoms with E-state index in [1.807, 2.05) is 35.4 Å². The first-order chi connectivity index (χ1) is 10.1. The van der Waals surface area contributed by atoms with Gasteiger partial charge in [-0.3, -0.25) is 9.59 Å². The van der Waals surface area contributed by atoms with Crippen LogP contribution in [-0.4, -0.2) is 54.8 Å².